The molecule has 0 unspecified atom stereocenters. The largest absolute Gasteiger partial charge is 0.279 e. The van der Waals surface area contributed by atoms with E-state index < -0.39 is 0 Å². The Morgan fingerprint density at radius 2 is 2.12 bits per heavy atom. The van der Waals surface area contributed by atoms with Crippen molar-refractivity contribution >= 4 is 33.7 Å². The maximum atomic E-state index is 11.8. The van der Waals surface area contributed by atoms with Crippen LogP contribution in [0.25, 0.3) is 4.96 Å². The van der Waals surface area contributed by atoms with Crippen LogP contribution in [0.5, 0.6) is 0 Å². The van der Waals surface area contributed by atoms with Crippen LogP contribution < -0.4 is 4.80 Å². The lowest BCUT2D eigenvalue weighted by Gasteiger charge is -1.90. The number of aromatic nitrogens is 2. The summed E-state index contributed by atoms with van der Waals surface area (Å²) in [6.45, 7) is 0. The van der Waals surface area contributed by atoms with Gasteiger partial charge >= 0.3 is 0 Å². The van der Waals surface area contributed by atoms with Gasteiger partial charge < -0.3 is 0 Å². The van der Waals surface area contributed by atoms with E-state index in [-0.39, 0.29) is 5.91 Å². The molecule has 0 N–H and O–H groups in total. The number of carbonyl (C=O) groups is 1. The van der Waals surface area contributed by atoms with Crippen molar-refractivity contribution in [2.24, 2.45) is 4.99 Å². The summed E-state index contributed by atoms with van der Waals surface area (Å²) < 4.78 is 1.89. The van der Waals surface area contributed by atoms with Gasteiger partial charge in [-0.25, -0.2) is 3.79 Å². The Labute approximate surface area is 105 Å². The molecule has 6 heteroatoms. The summed E-state index contributed by atoms with van der Waals surface area (Å²) in [7, 11) is 0. The van der Waals surface area contributed by atoms with Gasteiger partial charge in [0, 0.05) is 17.1 Å². The highest BCUT2D eigenvalue weighted by atomic mass is 32.1. The van der Waals surface area contributed by atoms with E-state index in [4.69, 9.17) is 0 Å². The first-order valence-corrected chi connectivity index (χ1v) is 6.55. The lowest BCUT2D eigenvalue weighted by Crippen LogP contribution is -2.04. The lowest BCUT2D eigenvalue weighted by molar-refractivity contribution is 0.0998. The highest BCUT2D eigenvalue weighted by molar-refractivity contribution is 7.17. The second kappa shape index (κ2) is 4.23. The molecule has 17 heavy (non-hydrogen) atoms. The van der Waals surface area contributed by atoms with Crippen LogP contribution in [0.2, 0.25) is 0 Å². The summed E-state index contributed by atoms with van der Waals surface area (Å²) in [6.07, 6.45) is 1.91. The van der Waals surface area contributed by atoms with Crippen molar-refractivity contribution < 1.29 is 4.79 Å². The number of carbonyl (C=O) groups excluding carboxylic acids is 1. The van der Waals surface area contributed by atoms with Gasteiger partial charge in [-0.3, -0.25) is 4.79 Å². The van der Waals surface area contributed by atoms with Crippen LogP contribution in [-0.2, 0) is 0 Å². The maximum Gasteiger partial charge on any atom is 0.279 e. The molecule has 4 nitrogen and oxygen atoms in total. The third-order valence-corrected chi connectivity index (χ3v) is 3.86. The van der Waals surface area contributed by atoms with Gasteiger partial charge in [0.1, 0.15) is 0 Å². The Balaban J connectivity index is 2.01. The van der Waals surface area contributed by atoms with Crippen LogP contribution in [0, 0.1) is 0 Å². The normalized spacial score (nSPS) is 12.1. The molecule has 0 aliphatic carbocycles. The van der Waals surface area contributed by atoms with Gasteiger partial charge in [0.2, 0.25) is 9.76 Å². The van der Waals surface area contributed by atoms with Crippen LogP contribution >= 0.6 is 22.9 Å². The van der Waals surface area contributed by atoms with Gasteiger partial charge in [-0.05, 0) is 23.7 Å². The van der Waals surface area contributed by atoms with Crippen LogP contribution in [-0.4, -0.2) is 14.7 Å². The fourth-order valence-corrected chi connectivity index (χ4v) is 3.03. The van der Waals surface area contributed by atoms with Crippen molar-refractivity contribution in [3.05, 3.63) is 52.3 Å². The van der Waals surface area contributed by atoms with Gasteiger partial charge in [-0.2, -0.15) is 9.98 Å². The Morgan fingerprint density at radius 3 is 2.88 bits per heavy atom. The molecular formula is C11H7N3OS2. The number of amides is 1. The minimum absolute atomic E-state index is 0.257. The second-order valence-electron chi connectivity index (χ2n) is 3.28. The zero-order chi connectivity index (χ0) is 11.7. The average molecular weight is 261 g/mol. The number of hydrogen-bond donors (Lipinski definition) is 0. The van der Waals surface area contributed by atoms with E-state index in [0.29, 0.717) is 10.4 Å². The molecule has 3 rings (SSSR count). The molecule has 2 aromatic heterocycles. The van der Waals surface area contributed by atoms with Crippen molar-refractivity contribution in [1.29, 1.82) is 0 Å². The predicted octanol–water partition coefficient (Wildman–Crippen LogP) is 2.20. The molecule has 1 amide bonds. The van der Waals surface area contributed by atoms with Gasteiger partial charge in [0.15, 0.2) is 0 Å². The maximum absolute atomic E-state index is 11.8. The van der Waals surface area contributed by atoms with Crippen molar-refractivity contribution in [2.75, 3.05) is 0 Å². The number of fused-ring (bicyclic) bond motifs is 1. The highest BCUT2D eigenvalue weighted by Crippen LogP contribution is 2.08. The lowest BCUT2D eigenvalue weighted by atomic mass is 10.2. The Bertz CT molecular complexity index is 692. The predicted molar refractivity (Wildman–Crippen MR) is 67.3 cm³/mol. The van der Waals surface area contributed by atoms with E-state index in [2.05, 4.69) is 9.98 Å². The molecule has 84 valence electrons. The quantitative estimate of drug-likeness (QED) is 0.674. The Morgan fingerprint density at radius 1 is 1.29 bits per heavy atom. The molecule has 0 aliphatic heterocycles. The summed E-state index contributed by atoms with van der Waals surface area (Å²) in [5.74, 6) is -0.257. The van der Waals surface area contributed by atoms with Gasteiger partial charge in [-0.15, -0.1) is 11.3 Å². The van der Waals surface area contributed by atoms with Crippen molar-refractivity contribution in [2.45, 2.75) is 0 Å². The van der Waals surface area contributed by atoms with E-state index in [1.165, 1.54) is 22.9 Å². The van der Waals surface area contributed by atoms with Gasteiger partial charge in [-0.1, -0.05) is 18.2 Å². The average Bonchev–Trinajstić information content (AvgIpc) is 2.90. The van der Waals surface area contributed by atoms with Crippen molar-refractivity contribution in [3.63, 3.8) is 0 Å². The number of thiazole rings is 1. The molecule has 0 radical (unpaired) electrons. The van der Waals surface area contributed by atoms with E-state index in [1.54, 1.807) is 12.1 Å². The number of benzene rings is 1. The SMILES string of the molecule is O=C(N=c1nc2sccn2s1)c1ccccc1. The first kappa shape index (κ1) is 10.4. The molecule has 0 saturated carbocycles. The van der Waals surface area contributed by atoms with Gasteiger partial charge in [0.25, 0.3) is 5.91 Å². The minimum atomic E-state index is -0.257. The third-order valence-electron chi connectivity index (χ3n) is 2.15. The fourth-order valence-electron chi connectivity index (χ4n) is 1.38. The van der Waals surface area contributed by atoms with Crippen LogP contribution in [0.15, 0.2) is 46.9 Å². The summed E-state index contributed by atoms with van der Waals surface area (Å²) in [4.78, 5) is 21.4. The van der Waals surface area contributed by atoms with E-state index in [9.17, 15) is 4.79 Å². The summed E-state index contributed by atoms with van der Waals surface area (Å²) in [6, 6.07) is 8.99. The van der Waals surface area contributed by atoms with Crippen LogP contribution in [0.4, 0.5) is 0 Å². The summed E-state index contributed by atoms with van der Waals surface area (Å²) >= 11 is 2.88. The molecule has 1 aromatic carbocycles. The Hall–Kier alpha value is -1.79. The number of rotatable bonds is 1. The molecule has 0 saturated heterocycles. The van der Waals surface area contributed by atoms with Crippen molar-refractivity contribution in [1.82, 2.24) is 8.77 Å². The summed E-state index contributed by atoms with van der Waals surface area (Å²) in [5.41, 5.74) is 0.580. The highest BCUT2D eigenvalue weighted by Gasteiger charge is 2.04. The third kappa shape index (κ3) is 2.04. The molecule has 2 heterocycles. The molecular weight excluding hydrogens is 254 g/mol. The molecule has 3 aromatic rings. The fraction of sp³-hybridized carbons (Fsp3) is 0. The second-order valence-corrected chi connectivity index (χ2v) is 5.09. The van der Waals surface area contributed by atoms with E-state index in [1.807, 2.05) is 33.6 Å². The standard InChI is InChI=1S/C11H7N3OS2/c15-9(8-4-2-1-3-5-8)12-10-13-11-14(17-10)6-7-16-11/h1-7H. The van der Waals surface area contributed by atoms with Crippen LogP contribution in [0.3, 0.4) is 0 Å². The molecule has 0 bridgehead atoms. The van der Waals surface area contributed by atoms with E-state index in [0.717, 1.165) is 4.96 Å². The zero-order valence-corrected chi connectivity index (χ0v) is 10.2. The topological polar surface area (TPSA) is 46.7 Å². The smallest absolute Gasteiger partial charge is 0.267 e. The zero-order valence-electron chi connectivity index (χ0n) is 8.61. The number of hydrogen-bond acceptors (Lipinski definition) is 4. The molecule has 0 fully saturated rings. The van der Waals surface area contributed by atoms with Crippen molar-refractivity contribution in [3.8, 4) is 0 Å². The minimum Gasteiger partial charge on any atom is -0.267 e. The van der Waals surface area contributed by atoms with Crippen LogP contribution in [0.1, 0.15) is 10.4 Å². The van der Waals surface area contributed by atoms with E-state index >= 15 is 0 Å². The number of nitrogens with zero attached hydrogens (tertiary/aromatic N) is 3. The van der Waals surface area contributed by atoms with Gasteiger partial charge in [0.05, 0.1) is 0 Å². The Kier molecular flexibility index (Phi) is 2.58. The molecule has 0 aliphatic rings. The first-order chi connectivity index (χ1) is 8.33. The monoisotopic (exact) mass is 261 g/mol. The molecule has 0 atom stereocenters. The molecule has 0 spiro atoms. The first-order valence-electron chi connectivity index (χ1n) is 4.90. The summed E-state index contributed by atoms with van der Waals surface area (Å²) in [5, 5.41) is 1.95.